The zero-order chi connectivity index (χ0) is 26.0. The van der Waals surface area contributed by atoms with Gasteiger partial charge in [0.25, 0.3) is 0 Å². The highest BCUT2D eigenvalue weighted by atomic mass is 28.4. The van der Waals surface area contributed by atoms with Crippen LogP contribution in [0.3, 0.4) is 0 Å². The number of rotatable bonds is 3. The van der Waals surface area contributed by atoms with Crippen LogP contribution in [-0.2, 0) is 13.9 Å². The second kappa shape index (κ2) is 8.95. The summed E-state index contributed by atoms with van der Waals surface area (Å²) in [5.74, 6) is 8.31. The molecule has 36 heavy (non-hydrogen) atoms. The summed E-state index contributed by atoms with van der Waals surface area (Å²) in [6.07, 6.45) is 11.7. The zero-order valence-corrected chi connectivity index (χ0v) is 25.0. The second-order valence-corrected chi connectivity index (χ2v) is 19.4. The molecule has 0 amide bonds. The molecule has 0 aromatic rings. The quantitative estimate of drug-likeness (QED) is 0.194. The van der Waals surface area contributed by atoms with Crippen molar-refractivity contribution < 1.29 is 19.0 Å². The van der Waals surface area contributed by atoms with Gasteiger partial charge >= 0.3 is 0 Å². The highest BCUT2D eigenvalue weighted by molar-refractivity contribution is 6.74. The third-order valence-electron chi connectivity index (χ3n) is 11.9. The molecule has 1 spiro atoms. The average Bonchev–Trinajstić information content (AvgIpc) is 3.36. The van der Waals surface area contributed by atoms with Crippen molar-refractivity contribution in [2.45, 2.75) is 122 Å². The van der Waals surface area contributed by atoms with Crippen molar-refractivity contribution in [2.24, 2.45) is 28.6 Å². The standard InChI is InChI=1S/C31H50O4Si/c1-27(2,3)36(6,7)35-19-9-8-14-30(32)16-13-26-24-11-10-23-22-31(33-20-21-34-31)18-17-28(23,4)25(24)12-15-29(26,30)5/h10,24-26,32H,9,11-13,15-22H2,1-7H3/t24-,25+,26+,28+,29+,30+/m1/s1. The van der Waals surface area contributed by atoms with Crippen LogP contribution in [0.15, 0.2) is 11.6 Å². The van der Waals surface area contributed by atoms with Crippen LogP contribution in [0.2, 0.25) is 18.1 Å². The van der Waals surface area contributed by atoms with Crippen LogP contribution in [0.25, 0.3) is 0 Å². The molecule has 5 heteroatoms. The maximum Gasteiger partial charge on any atom is 0.192 e. The van der Waals surface area contributed by atoms with Gasteiger partial charge in [-0.25, -0.2) is 0 Å². The van der Waals surface area contributed by atoms with Crippen molar-refractivity contribution in [2.75, 3.05) is 19.8 Å². The Kier molecular flexibility index (Phi) is 6.70. The summed E-state index contributed by atoms with van der Waals surface area (Å²) < 4.78 is 18.5. The molecule has 4 nitrogen and oxygen atoms in total. The molecular weight excluding hydrogens is 464 g/mol. The zero-order valence-electron chi connectivity index (χ0n) is 24.0. The van der Waals surface area contributed by atoms with E-state index in [4.69, 9.17) is 13.9 Å². The first-order valence-corrected chi connectivity index (χ1v) is 17.5. The van der Waals surface area contributed by atoms with Gasteiger partial charge < -0.3 is 19.0 Å². The first-order chi connectivity index (χ1) is 16.8. The molecule has 6 atom stereocenters. The molecule has 1 saturated heterocycles. The van der Waals surface area contributed by atoms with Crippen molar-refractivity contribution in [1.82, 2.24) is 0 Å². The molecule has 0 aromatic heterocycles. The van der Waals surface area contributed by atoms with Crippen LogP contribution >= 0.6 is 0 Å². The largest absolute Gasteiger partial charge is 0.416 e. The Balaban J connectivity index is 1.28. The van der Waals surface area contributed by atoms with Gasteiger partial charge in [-0.3, -0.25) is 0 Å². The summed E-state index contributed by atoms with van der Waals surface area (Å²) in [5, 5.41) is 12.1. The van der Waals surface area contributed by atoms with Crippen molar-refractivity contribution in [3.8, 4) is 11.8 Å². The lowest BCUT2D eigenvalue weighted by Gasteiger charge is -2.59. The highest BCUT2D eigenvalue weighted by Gasteiger charge is 2.64. The van der Waals surface area contributed by atoms with Crippen molar-refractivity contribution in [1.29, 1.82) is 0 Å². The van der Waals surface area contributed by atoms with Gasteiger partial charge in [0.2, 0.25) is 0 Å². The van der Waals surface area contributed by atoms with E-state index >= 15 is 0 Å². The third kappa shape index (κ3) is 4.18. The van der Waals surface area contributed by atoms with Crippen LogP contribution in [0.5, 0.6) is 0 Å². The summed E-state index contributed by atoms with van der Waals surface area (Å²) in [5.41, 5.74) is 0.844. The maximum atomic E-state index is 11.9. The van der Waals surface area contributed by atoms with Crippen molar-refractivity contribution >= 4 is 8.32 Å². The van der Waals surface area contributed by atoms with E-state index in [0.717, 1.165) is 58.2 Å². The number of ether oxygens (including phenoxy) is 2. The molecule has 5 aliphatic rings. The molecule has 1 N–H and O–H groups in total. The Labute approximate surface area is 221 Å². The van der Waals surface area contributed by atoms with Crippen LogP contribution in [-0.4, -0.2) is 44.6 Å². The monoisotopic (exact) mass is 514 g/mol. The van der Waals surface area contributed by atoms with E-state index in [0.29, 0.717) is 30.8 Å². The Morgan fingerprint density at radius 1 is 1.06 bits per heavy atom. The highest BCUT2D eigenvalue weighted by Crippen LogP contribution is 2.67. The van der Waals surface area contributed by atoms with Gasteiger partial charge in [-0.15, -0.1) is 0 Å². The van der Waals surface area contributed by atoms with E-state index in [1.807, 2.05) is 0 Å². The molecule has 5 rings (SSSR count). The molecule has 0 radical (unpaired) electrons. The molecule has 4 fully saturated rings. The first kappa shape index (κ1) is 26.9. The molecule has 4 aliphatic carbocycles. The molecular formula is C31H50O4Si. The summed E-state index contributed by atoms with van der Waals surface area (Å²) >= 11 is 0. The number of fused-ring (bicyclic) bond motifs is 5. The fourth-order valence-corrected chi connectivity index (χ4v) is 9.40. The lowest BCUT2D eigenvalue weighted by atomic mass is 9.47. The Hall–Kier alpha value is -0.643. The predicted octanol–water partition coefficient (Wildman–Crippen LogP) is 6.84. The third-order valence-corrected chi connectivity index (χ3v) is 16.4. The average molecular weight is 515 g/mol. The first-order valence-electron chi connectivity index (χ1n) is 14.6. The lowest BCUT2D eigenvalue weighted by Crippen LogP contribution is -2.55. The van der Waals surface area contributed by atoms with Gasteiger partial charge in [-0.2, -0.15) is 0 Å². The van der Waals surface area contributed by atoms with Gasteiger partial charge in [0, 0.05) is 31.3 Å². The second-order valence-electron chi connectivity index (χ2n) is 14.6. The van der Waals surface area contributed by atoms with E-state index in [1.54, 1.807) is 5.57 Å². The summed E-state index contributed by atoms with van der Waals surface area (Å²) in [7, 11) is -1.75. The summed E-state index contributed by atoms with van der Waals surface area (Å²) in [4.78, 5) is 0. The predicted molar refractivity (Wildman–Crippen MR) is 147 cm³/mol. The fourth-order valence-electron chi connectivity index (χ4n) is 8.35. The van der Waals surface area contributed by atoms with E-state index < -0.39 is 13.9 Å². The molecule has 1 heterocycles. The van der Waals surface area contributed by atoms with Gasteiger partial charge in [-0.1, -0.05) is 58.1 Å². The van der Waals surface area contributed by atoms with Gasteiger partial charge in [0.1, 0.15) is 5.60 Å². The number of hydrogen-bond donors (Lipinski definition) is 1. The fraction of sp³-hybridized carbons (Fsp3) is 0.871. The number of hydrogen-bond acceptors (Lipinski definition) is 4. The smallest absolute Gasteiger partial charge is 0.192 e. The van der Waals surface area contributed by atoms with E-state index in [2.05, 4.69) is 65.6 Å². The van der Waals surface area contributed by atoms with Crippen molar-refractivity contribution in [3.05, 3.63) is 11.6 Å². The van der Waals surface area contributed by atoms with Crippen LogP contribution < -0.4 is 0 Å². The van der Waals surface area contributed by atoms with Gasteiger partial charge in [0.15, 0.2) is 14.1 Å². The van der Waals surface area contributed by atoms with Crippen molar-refractivity contribution in [3.63, 3.8) is 0 Å². The minimum absolute atomic E-state index is 0.114. The van der Waals surface area contributed by atoms with E-state index in [-0.39, 0.29) is 21.7 Å². The van der Waals surface area contributed by atoms with E-state index in [9.17, 15) is 5.11 Å². The van der Waals surface area contributed by atoms with Gasteiger partial charge in [-0.05, 0) is 79.8 Å². The SMILES string of the molecule is CC(C)(C)[Si](C)(C)OCCC#C[C@]1(O)CC[C@H]2[C@@H]3CC=C4CC5(CC[C@]4(C)[C@H]3CC[C@@]21C)OCCO5. The van der Waals surface area contributed by atoms with Crippen LogP contribution in [0.1, 0.15) is 92.4 Å². The molecule has 202 valence electrons. The summed E-state index contributed by atoms with van der Waals surface area (Å²) in [6.45, 7) is 18.4. The molecule has 0 bridgehead atoms. The minimum Gasteiger partial charge on any atom is -0.416 e. The Bertz CT molecular complexity index is 948. The summed E-state index contributed by atoms with van der Waals surface area (Å²) in [6, 6.07) is 0. The molecule has 0 aromatic carbocycles. The molecule has 3 saturated carbocycles. The molecule has 1 aliphatic heterocycles. The Morgan fingerprint density at radius 2 is 1.75 bits per heavy atom. The molecule has 0 unspecified atom stereocenters. The van der Waals surface area contributed by atoms with Gasteiger partial charge in [0.05, 0.1) is 13.2 Å². The van der Waals surface area contributed by atoms with Crippen LogP contribution in [0.4, 0.5) is 0 Å². The lowest BCUT2D eigenvalue weighted by molar-refractivity contribution is -0.186. The number of aliphatic hydroxyl groups is 1. The number of allylic oxidation sites excluding steroid dienone is 1. The van der Waals surface area contributed by atoms with E-state index in [1.165, 1.54) is 6.42 Å². The topological polar surface area (TPSA) is 47.9 Å². The maximum absolute atomic E-state index is 11.9. The van der Waals surface area contributed by atoms with Crippen LogP contribution in [0, 0.1) is 40.4 Å². The normalized spacial score (nSPS) is 41.7. The Morgan fingerprint density at radius 3 is 2.44 bits per heavy atom. The minimum atomic E-state index is -1.75.